The highest BCUT2D eigenvalue weighted by molar-refractivity contribution is 5.84. The number of fused-ring (bicyclic) bond motifs is 1. The van der Waals surface area contributed by atoms with Crippen LogP contribution in [0.3, 0.4) is 0 Å². The quantitative estimate of drug-likeness (QED) is 0.916. The van der Waals surface area contributed by atoms with Crippen molar-refractivity contribution >= 4 is 11.9 Å². The maximum absolute atomic E-state index is 12.4. The van der Waals surface area contributed by atoms with Crippen LogP contribution in [0, 0.1) is 11.8 Å². The first-order valence-electron chi connectivity index (χ1n) is 7.59. The molecule has 21 heavy (non-hydrogen) atoms. The molecule has 1 aromatic rings. The number of hydrogen-bond acceptors (Lipinski definition) is 3. The Morgan fingerprint density at radius 1 is 1.33 bits per heavy atom. The summed E-state index contributed by atoms with van der Waals surface area (Å²) in [6, 6.07) is 5.01. The Morgan fingerprint density at radius 2 is 2.19 bits per heavy atom. The minimum atomic E-state index is -0.851. The summed E-state index contributed by atoms with van der Waals surface area (Å²) < 4.78 is 0. The number of pyridine rings is 1. The first-order valence-corrected chi connectivity index (χ1v) is 7.59. The Balaban J connectivity index is 1.65. The third kappa shape index (κ3) is 2.77. The van der Waals surface area contributed by atoms with Gasteiger partial charge in [-0.15, -0.1) is 0 Å². The van der Waals surface area contributed by atoms with E-state index in [-0.39, 0.29) is 11.8 Å². The summed E-state index contributed by atoms with van der Waals surface area (Å²) in [6.07, 6.45) is 5.69. The van der Waals surface area contributed by atoms with Gasteiger partial charge in [-0.05, 0) is 43.2 Å². The van der Waals surface area contributed by atoms with E-state index in [0.717, 1.165) is 25.0 Å². The predicted molar refractivity (Wildman–Crippen MR) is 76.5 cm³/mol. The highest BCUT2D eigenvalue weighted by Crippen LogP contribution is 2.42. The number of carbonyl (C=O) groups is 2. The van der Waals surface area contributed by atoms with Crippen molar-refractivity contribution in [3.8, 4) is 0 Å². The number of nitrogens with zero attached hydrogens (tertiary/aromatic N) is 2. The summed E-state index contributed by atoms with van der Waals surface area (Å²) in [5.74, 6) is -0.371. The average Bonchev–Trinajstić information content (AvgIpc) is 3.05. The first-order chi connectivity index (χ1) is 10.2. The van der Waals surface area contributed by atoms with E-state index in [9.17, 15) is 14.7 Å². The van der Waals surface area contributed by atoms with Gasteiger partial charge in [0, 0.05) is 24.9 Å². The summed E-state index contributed by atoms with van der Waals surface area (Å²) >= 11 is 0. The molecule has 0 radical (unpaired) electrons. The fourth-order valence-corrected chi connectivity index (χ4v) is 3.80. The van der Waals surface area contributed by atoms with Crippen LogP contribution >= 0.6 is 0 Å². The second-order valence-corrected chi connectivity index (χ2v) is 6.01. The van der Waals surface area contributed by atoms with Gasteiger partial charge in [-0.1, -0.05) is 12.5 Å². The van der Waals surface area contributed by atoms with Crippen LogP contribution in [0.5, 0.6) is 0 Å². The third-order valence-electron chi connectivity index (χ3n) is 4.78. The Bertz CT molecular complexity index is 532. The molecular formula is C16H20N2O3. The van der Waals surface area contributed by atoms with Crippen molar-refractivity contribution in [3.05, 3.63) is 30.1 Å². The molecule has 1 amide bonds. The van der Waals surface area contributed by atoms with Gasteiger partial charge in [0.05, 0.1) is 0 Å². The van der Waals surface area contributed by atoms with Crippen LogP contribution in [-0.4, -0.2) is 39.5 Å². The smallest absolute Gasteiger partial charge is 0.326 e. The normalized spacial score (nSPS) is 27.6. The maximum Gasteiger partial charge on any atom is 0.326 e. The number of aliphatic carboxylic acids is 1. The van der Waals surface area contributed by atoms with Crippen molar-refractivity contribution in [3.63, 3.8) is 0 Å². The monoisotopic (exact) mass is 288 g/mol. The van der Waals surface area contributed by atoms with E-state index >= 15 is 0 Å². The van der Waals surface area contributed by atoms with Gasteiger partial charge >= 0.3 is 5.97 Å². The van der Waals surface area contributed by atoms with Gasteiger partial charge in [0.15, 0.2) is 0 Å². The zero-order chi connectivity index (χ0) is 14.8. The van der Waals surface area contributed by atoms with E-state index in [1.165, 1.54) is 0 Å². The molecule has 1 N–H and O–H groups in total. The van der Waals surface area contributed by atoms with Gasteiger partial charge in [0.25, 0.3) is 0 Å². The maximum atomic E-state index is 12.4. The molecular weight excluding hydrogens is 268 g/mol. The Hall–Kier alpha value is -1.91. The van der Waals surface area contributed by atoms with E-state index in [4.69, 9.17) is 0 Å². The minimum Gasteiger partial charge on any atom is -0.480 e. The molecule has 0 bridgehead atoms. The molecule has 5 heteroatoms. The molecule has 2 aliphatic rings. The lowest BCUT2D eigenvalue weighted by atomic mass is 9.94. The van der Waals surface area contributed by atoms with Gasteiger partial charge in [-0.2, -0.15) is 0 Å². The third-order valence-corrected chi connectivity index (χ3v) is 4.78. The van der Waals surface area contributed by atoms with Crippen LogP contribution in [0.1, 0.15) is 31.4 Å². The van der Waals surface area contributed by atoms with Gasteiger partial charge in [-0.3, -0.25) is 9.78 Å². The fourth-order valence-electron chi connectivity index (χ4n) is 3.80. The molecule has 1 aliphatic heterocycles. The highest BCUT2D eigenvalue weighted by Gasteiger charge is 2.49. The number of carboxylic acid groups (broad SMARTS) is 1. The molecule has 1 saturated carbocycles. The van der Waals surface area contributed by atoms with Gasteiger partial charge in [0.1, 0.15) is 6.04 Å². The summed E-state index contributed by atoms with van der Waals surface area (Å²) in [7, 11) is 0. The molecule has 2 fully saturated rings. The number of carboxylic acids is 1. The van der Waals surface area contributed by atoms with Gasteiger partial charge in [-0.25, -0.2) is 4.79 Å². The predicted octanol–water partition coefficient (Wildman–Crippen LogP) is 1.73. The Labute approximate surface area is 124 Å². The molecule has 0 aromatic carbocycles. The molecule has 0 spiro atoms. The second kappa shape index (κ2) is 5.84. The summed E-state index contributed by atoms with van der Waals surface area (Å²) in [6.45, 7) is 0.614. The molecule has 3 atom stereocenters. The first kappa shape index (κ1) is 14.0. The lowest BCUT2D eigenvalue weighted by Crippen LogP contribution is -2.43. The number of amides is 1. The molecule has 1 saturated heterocycles. The van der Waals surface area contributed by atoms with Gasteiger partial charge in [0.2, 0.25) is 5.91 Å². The molecule has 2 heterocycles. The number of aromatic nitrogens is 1. The van der Waals surface area contributed by atoms with Crippen LogP contribution in [0.25, 0.3) is 0 Å². The minimum absolute atomic E-state index is 0.0533. The fraction of sp³-hybridized carbons (Fsp3) is 0.562. The van der Waals surface area contributed by atoms with Crippen molar-refractivity contribution in [2.45, 2.75) is 38.1 Å². The molecule has 112 valence electrons. The van der Waals surface area contributed by atoms with Crippen LogP contribution in [0.4, 0.5) is 0 Å². The van der Waals surface area contributed by atoms with Crippen molar-refractivity contribution in [1.82, 2.24) is 9.88 Å². The molecule has 5 nitrogen and oxygen atoms in total. The number of aryl methyl sites for hydroxylation is 1. The average molecular weight is 288 g/mol. The summed E-state index contributed by atoms with van der Waals surface area (Å²) in [4.78, 5) is 29.7. The SMILES string of the molecule is O=C(O)C1C2CCCC2CN1C(=O)CCc1ccccn1. The number of likely N-dealkylation sites (tertiary alicyclic amines) is 1. The highest BCUT2D eigenvalue weighted by atomic mass is 16.4. The molecule has 3 rings (SSSR count). The van der Waals surface area contributed by atoms with Crippen molar-refractivity contribution in [2.75, 3.05) is 6.54 Å². The summed E-state index contributed by atoms with van der Waals surface area (Å²) in [5, 5.41) is 9.46. The topological polar surface area (TPSA) is 70.5 Å². The molecule has 1 aromatic heterocycles. The van der Waals surface area contributed by atoms with Crippen molar-refractivity contribution < 1.29 is 14.7 Å². The molecule has 1 aliphatic carbocycles. The zero-order valence-electron chi connectivity index (χ0n) is 11.9. The Kier molecular flexibility index (Phi) is 3.90. The largest absolute Gasteiger partial charge is 0.480 e. The van der Waals surface area contributed by atoms with Crippen molar-refractivity contribution in [1.29, 1.82) is 0 Å². The number of carbonyl (C=O) groups excluding carboxylic acids is 1. The van der Waals surface area contributed by atoms with E-state index in [1.807, 2.05) is 18.2 Å². The van der Waals surface area contributed by atoms with E-state index in [2.05, 4.69) is 4.98 Å². The number of hydrogen-bond donors (Lipinski definition) is 1. The van der Waals surface area contributed by atoms with E-state index < -0.39 is 12.0 Å². The Morgan fingerprint density at radius 3 is 2.90 bits per heavy atom. The lowest BCUT2D eigenvalue weighted by molar-refractivity contribution is -0.149. The van der Waals surface area contributed by atoms with Crippen LogP contribution in [0.2, 0.25) is 0 Å². The standard InChI is InChI=1S/C16H20N2O3/c19-14(8-7-12-5-1-2-9-17-12)18-10-11-4-3-6-13(11)15(18)16(20)21/h1-2,5,9,11,13,15H,3-4,6-8,10H2,(H,20,21). The zero-order valence-corrected chi connectivity index (χ0v) is 11.9. The van der Waals surface area contributed by atoms with Crippen molar-refractivity contribution in [2.24, 2.45) is 11.8 Å². The van der Waals surface area contributed by atoms with Crippen LogP contribution in [0.15, 0.2) is 24.4 Å². The van der Waals surface area contributed by atoms with E-state index in [1.54, 1.807) is 11.1 Å². The lowest BCUT2D eigenvalue weighted by Gasteiger charge is -2.24. The van der Waals surface area contributed by atoms with Crippen LogP contribution < -0.4 is 0 Å². The summed E-state index contributed by atoms with van der Waals surface area (Å²) in [5.41, 5.74) is 0.872. The number of rotatable bonds is 4. The van der Waals surface area contributed by atoms with Gasteiger partial charge < -0.3 is 10.0 Å². The second-order valence-electron chi connectivity index (χ2n) is 6.01. The van der Waals surface area contributed by atoms with Crippen LogP contribution in [-0.2, 0) is 16.0 Å². The van der Waals surface area contributed by atoms with E-state index in [0.29, 0.717) is 25.3 Å². The molecule has 3 unspecified atom stereocenters.